The molecule has 0 radical (unpaired) electrons. The first kappa shape index (κ1) is 26.1. The Balaban J connectivity index is 1.09. The Morgan fingerprint density at radius 1 is 1.08 bits per heavy atom. The van der Waals surface area contributed by atoms with E-state index in [2.05, 4.69) is 17.2 Å². The number of phenolic OH excluding ortho intramolecular Hbond substituents is 1. The van der Waals surface area contributed by atoms with Crippen molar-refractivity contribution in [2.75, 3.05) is 31.1 Å². The maximum absolute atomic E-state index is 14.7. The van der Waals surface area contributed by atoms with E-state index in [0.717, 1.165) is 57.2 Å². The van der Waals surface area contributed by atoms with Gasteiger partial charge in [0.2, 0.25) is 5.91 Å². The van der Waals surface area contributed by atoms with Crippen molar-refractivity contribution < 1.29 is 19.1 Å². The van der Waals surface area contributed by atoms with Crippen LogP contribution in [0.1, 0.15) is 73.7 Å². The summed E-state index contributed by atoms with van der Waals surface area (Å²) >= 11 is 0. The number of halogens is 1. The zero-order chi connectivity index (χ0) is 26.7. The number of benzene rings is 2. The number of likely N-dealkylation sites (tertiary alicyclic amines) is 1. The van der Waals surface area contributed by atoms with Crippen LogP contribution in [0.25, 0.3) is 0 Å². The SMILES string of the molecule is CC#C[C@@H](CC(=O)NC1CC2(CCN(C(=O)c3ccc(N4CCCC4)c(F)c3)CC2)C1)c1ccc(O)cc1. The van der Waals surface area contributed by atoms with Gasteiger partial charge in [-0.15, -0.1) is 5.92 Å². The maximum atomic E-state index is 14.7. The van der Waals surface area contributed by atoms with E-state index < -0.39 is 0 Å². The summed E-state index contributed by atoms with van der Waals surface area (Å²) in [6.07, 6.45) is 6.08. The molecule has 38 heavy (non-hydrogen) atoms. The highest BCUT2D eigenvalue weighted by Crippen LogP contribution is 2.49. The molecule has 2 aromatic carbocycles. The molecular weight excluding hydrogens is 481 g/mol. The van der Waals surface area contributed by atoms with Crippen LogP contribution in [0, 0.1) is 23.1 Å². The minimum absolute atomic E-state index is 0.0160. The van der Waals surface area contributed by atoms with E-state index >= 15 is 0 Å². The largest absolute Gasteiger partial charge is 0.508 e. The van der Waals surface area contributed by atoms with E-state index in [-0.39, 0.29) is 47.2 Å². The number of aromatic hydroxyl groups is 1. The molecule has 200 valence electrons. The van der Waals surface area contributed by atoms with Crippen LogP contribution in [0.3, 0.4) is 0 Å². The maximum Gasteiger partial charge on any atom is 0.253 e. The molecule has 5 rings (SSSR count). The third-order valence-corrected chi connectivity index (χ3v) is 8.48. The lowest BCUT2D eigenvalue weighted by molar-refractivity contribution is -0.124. The van der Waals surface area contributed by atoms with Gasteiger partial charge >= 0.3 is 0 Å². The van der Waals surface area contributed by atoms with E-state index in [0.29, 0.717) is 24.3 Å². The zero-order valence-electron chi connectivity index (χ0n) is 22.0. The smallest absolute Gasteiger partial charge is 0.253 e. The summed E-state index contributed by atoms with van der Waals surface area (Å²) in [6, 6.07) is 11.9. The molecule has 0 aromatic heterocycles. The summed E-state index contributed by atoms with van der Waals surface area (Å²) in [6.45, 7) is 4.81. The van der Waals surface area contributed by atoms with Gasteiger partial charge in [-0.1, -0.05) is 18.1 Å². The van der Waals surface area contributed by atoms with Crippen molar-refractivity contribution >= 4 is 17.5 Å². The molecule has 6 nitrogen and oxygen atoms in total. The molecule has 1 aliphatic carbocycles. The Labute approximate surface area is 224 Å². The lowest BCUT2D eigenvalue weighted by Gasteiger charge is -2.52. The second kappa shape index (κ2) is 11.1. The first-order valence-corrected chi connectivity index (χ1v) is 13.7. The summed E-state index contributed by atoms with van der Waals surface area (Å²) in [5.74, 6) is 5.56. The van der Waals surface area contributed by atoms with Crippen molar-refractivity contribution in [1.82, 2.24) is 10.2 Å². The number of nitrogens with one attached hydrogen (secondary N) is 1. The molecule has 2 aliphatic heterocycles. The molecule has 2 aromatic rings. The number of nitrogens with zero attached hydrogens (tertiary/aromatic N) is 2. The molecule has 2 N–H and O–H groups in total. The average Bonchev–Trinajstić information content (AvgIpc) is 3.43. The van der Waals surface area contributed by atoms with Gasteiger partial charge in [0.25, 0.3) is 5.91 Å². The van der Waals surface area contributed by atoms with Crippen LogP contribution in [0.4, 0.5) is 10.1 Å². The average molecular weight is 518 g/mol. The molecule has 1 atom stereocenters. The van der Waals surface area contributed by atoms with Gasteiger partial charge in [-0.2, -0.15) is 0 Å². The van der Waals surface area contributed by atoms with Gasteiger partial charge in [-0.3, -0.25) is 9.59 Å². The molecule has 0 bridgehead atoms. The normalized spacial score (nSPS) is 19.4. The molecular formula is C31H36FN3O3. The highest BCUT2D eigenvalue weighted by atomic mass is 19.1. The van der Waals surface area contributed by atoms with Crippen LogP contribution >= 0.6 is 0 Å². The lowest BCUT2D eigenvalue weighted by Crippen LogP contribution is -2.55. The first-order chi connectivity index (χ1) is 18.4. The summed E-state index contributed by atoms with van der Waals surface area (Å²) in [5, 5.41) is 12.7. The van der Waals surface area contributed by atoms with E-state index in [4.69, 9.17) is 0 Å². The fraction of sp³-hybridized carbons (Fsp3) is 0.484. The van der Waals surface area contributed by atoms with Crippen molar-refractivity contribution in [3.8, 4) is 17.6 Å². The predicted octanol–water partition coefficient (Wildman–Crippen LogP) is 4.83. The Kier molecular flexibility index (Phi) is 7.60. The standard InChI is InChI=1S/C31H36FN3O3/c1-2-5-23(22-6-9-26(36)10-7-22)19-29(37)33-25-20-31(21-25)12-16-35(17-13-31)30(38)24-8-11-28(27(32)18-24)34-14-3-4-15-34/h6-11,18,23,25,36H,3-4,12-17,19-21H2,1H3,(H,33,37)/t23-/m0/s1. The number of hydrogen-bond acceptors (Lipinski definition) is 4. The van der Waals surface area contributed by atoms with Crippen molar-refractivity contribution in [3.63, 3.8) is 0 Å². The van der Waals surface area contributed by atoms with Gasteiger partial charge in [-0.05, 0) is 86.8 Å². The van der Waals surface area contributed by atoms with Crippen LogP contribution in [0.5, 0.6) is 5.75 Å². The van der Waals surface area contributed by atoms with E-state index in [1.807, 2.05) is 9.80 Å². The fourth-order valence-corrected chi connectivity index (χ4v) is 6.32. The molecule has 1 saturated carbocycles. The second-order valence-corrected chi connectivity index (χ2v) is 11.1. The first-order valence-electron chi connectivity index (χ1n) is 13.7. The monoisotopic (exact) mass is 517 g/mol. The van der Waals surface area contributed by atoms with Gasteiger partial charge in [0.05, 0.1) is 11.6 Å². The number of carbonyl (C=O) groups excluding carboxylic acids is 2. The predicted molar refractivity (Wildman–Crippen MR) is 145 cm³/mol. The summed E-state index contributed by atoms with van der Waals surface area (Å²) in [5.41, 5.74) is 2.09. The highest BCUT2D eigenvalue weighted by Gasteiger charge is 2.47. The van der Waals surface area contributed by atoms with Crippen LogP contribution in [-0.4, -0.2) is 54.0 Å². The number of anilines is 1. The van der Waals surface area contributed by atoms with Gasteiger partial charge in [0, 0.05) is 44.2 Å². The fourth-order valence-electron chi connectivity index (χ4n) is 6.32. The lowest BCUT2D eigenvalue weighted by atomic mass is 9.60. The molecule has 1 spiro atoms. The third kappa shape index (κ3) is 5.65. The Morgan fingerprint density at radius 3 is 2.39 bits per heavy atom. The van der Waals surface area contributed by atoms with Crippen molar-refractivity contribution in [2.45, 2.75) is 63.8 Å². The summed E-state index contributed by atoms with van der Waals surface area (Å²) in [4.78, 5) is 29.7. The van der Waals surface area contributed by atoms with Gasteiger partial charge in [-0.25, -0.2) is 4.39 Å². The molecule has 2 amide bonds. The van der Waals surface area contributed by atoms with Crippen molar-refractivity contribution in [3.05, 3.63) is 59.4 Å². The van der Waals surface area contributed by atoms with Crippen LogP contribution in [0.2, 0.25) is 0 Å². The van der Waals surface area contributed by atoms with Crippen LogP contribution < -0.4 is 10.2 Å². The van der Waals surface area contributed by atoms with Gasteiger partial charge < -0.3 is 20.2 Å². The van der Waals surface area contributed by atoms with E-state index in [9.17, 15) is 19.1 Å². The summed E-state index contributed by atoms with van der Waals surface area (Å²) in [7, 11) is 0. The molecule has 2 heterocycles. The number of rotatable bonds is 6. The molecule has 2 saturated heterocycles. The van der Waals surface area contributed by atoms with Gasteiger partial charge in [0.1, 0.15) is 11.6 Å². The molecule has 3 fully saturated rings. The molecule has 0 unspecified atom stereocenters. The van der Waals surface area contributed by atoms with Crippen molar-refractivity contribution in [2.24, 2.45) is 5.41 Å². The Hall–Kier alpha value is -3.53. The number of piperidine rings is 1. The number of carbonyl (C=O) groups is 2. The van der Waals surface area contributed by atoms with Crippen molar-refractivity contribution in [1.29, 1.82) is 0 Å². The quantitative estimate of drug-likeness (QED) is 0.539. The molecule has 7 heteroatoms. The third-order valence-electron chi connectivity index (χ3n) is 8.48. The summed E-state index contributed by atoms with van der Waals surface area (Å²) < 4.78 is 14.7. The number of hydrogen-bond donors (Lipinski definition) is 2. The minimum Gasteiger partial charge on any atom is -0.508 e. The highest BCUT2D eigenvalue weighted by molar-refractivity contribution is 5.94. The van der Waals surface area contributed by atoms with Gasteiger partial charge in [0.15, 0.2) is 0 Å². The zero-order valence-corrected chi connectivity index (χ0v) is 22.0. The van der Waals surface area contributed by atoms with E-state index in [1.165, 1.54) is 6.07 Å². The number of amides is 2. The van der Waals surface area contributed by atoms with Crippen LogP contribution in [-0.2, 0) is 4.79 Å². The second-order valence-electron chi connectivity index (χ2n) is 11.1. The van der Waals surface area contributed by atoms with E-state index in [1.54, 1.807) is 43.3 Å². The Morgan fingerprint density at radius 2 is 1.76 bits per heavy atom. The topological polar surface area (TPSA) is 72.9 Å². The molecule has 3 aliphatic rings. The van der Waals surface area contributed by atoms with Crippen LogP contribution in [0.15, 0.2) is 42.5 Å². The minimum atomic E-state index is -0.318. The Bertz CT molecular complexity index is 1230. The number of phenols is 1.